The summed E-state index contributed by atoms with van der Waals surface area (Å²) < 4.78 is 13.3. The van der Waals surface area contributed by atoms with Gasteiger partial charge in [0.2, 0.25) is 11.8 Å². The summed E-state index contributed by atoms with van der Waals surface area (Å²) in [5.41, 5.74) is 0.595. The van der Waals surface area contributed by atoms with Crippen LogP contribution in [-0.4, -0.2) is 40.9 Å². The number of hydrogen-bond donors (Lipinski definition) is 2. The van der Waals surface area contributed by atoms with Crippen molar-refractivity contribution >= 4 is 11.8 Å². The Morgan fingerprint density at radius 1 is 1.15 bits per heavy atom. The van der Waals surface area contributed by atoms with Gasteiger partial charge in [-0.25, -0.2) is 4.39 Å². The zero-order chi connectivity index (χ0) is 19.8. The Labute approximate surface area is 160 Å². The van der Waals surface area contributed by atoms with Crippen molar-refractivity contribution in [2.75, 3.05) is 13.1 Å². The number of piperazine rings is 1. The topological polar surface area (TPSA) is 61.4 Å². The van der Waals surface area contributed by atoms with Gasteiger partial charge >= 0.3 is 0 Å². The van der Waals surface area contributed by atoms with Gasteiger partial charge in [-0.1, -0.05) is 12.1 Å². The van der Waals surface area contributed by atoms with Gasteiger partial charge in [-0.3, -0.25) is 9.59 Å². The fourth-order valence-corrected chi connectivity index (χ4v) is 4.95. The smallest absolute Gasteiger partial charge is 0.247 e. The van der Waals surface area contributed by atoms with Crippen LogP contribution in [0.4, 0.5) is 4.39 Å². The Balaban J connectivity index is 1.77. The van der Waals surface area contributed by atoms with Gasteiger partial charge in [-0.05, 0) is 64.2 Å². The Bertz CT molecular complexity index is 699. The second kappa shape index (κ2) is 7.23. The van der Waals surface area contributed by atoms with Crippen molar-refractivity contribution in [1.29, 1.82) is 0 Å². The molecule has 5 nitrogen and oxygen atoms in total. The van der Waals surface area contributed by atoms with Crippen molar-refractivity contribution < 1.29 is 14.0 Å². The van der Waals surface area contributed by atoms with Crippen LogP contribution in [0.5, 0.6) is 0 Å². The molecule has 0 radical (unpaired) electrons. The summed E-state index contributed by atoms with van der Waals surface area (Å²) in [6, 6.07) is 5.15. The quantitative estimate of drug-likeness (QED) is 0.854. The highest BCUT2D eigenvalue weighted by Crippen LogP contribution is 2.36. The van der Waals surface area contributed by atoms with Gasteiger partial charge in [0.25, 0.3) is 0 Å². The molecule has 2 N–H and O–H groups in total. The molecule has 1 aromatic carbocycles. The number of nitrogens with one attached hydrogen (secondary N) is 2. The molecule has 0 bridgehead atoms. The van der Waals surface area contributed by atoms with Crippen molar-refractivity contribution in [3.8, 4) is 0 Å². The fourth-order valence-electron chi connectivity index (χ4n) is 4.95. The number of halogens is 1. The summed E-state index contributed by atoms with van der Waals surface area (Å²) >= 11 is 0. The molecule has 0 spiro atoms. The lowest BCUT2D eigenvalue weighted by Gasteiger charge is -2.47. The van der Waals surface area contributed by atoms with Crippen LogP contribution >= 0.6 is 0 Å². The maximum absolute atomic E-state index is 13.3. The monoisotopic (exact) mass is 375 g/mol. The van der Waals surface area contributed by atoms with E-state index in [2.05, 4.69) is 38.3 Å². The highest BCUT2D eigenvalue weighted by molar-refractivity contribution is 5.89. The van der Waals surface area contributed by atoms with Crippen LogP contribution in [-0.2, 0) is 9.59 Å². The third-order valence-corrected chi connectivity index (χ3v) is 5.46. The van der Waals surface area contributed by atoms with Gasteiger partial charge in [0.05, 0.1) is 0 Å². The average molecular weight is 375 g/mol. The number of rotatable bonds is 3. The van der Waals surface area contributed by atoms with E-state index in [0.29, 0.717) is 25.1 Å². The third kappa shape index (κ3) is 4.67. The summed E-state index contributed by atoms with van der Waals surface area (Å²) in [5.74, 6) is -0.292. The van der Waals surface area contributed by atoms with E-state index in [1.54, 1.807) is 17.0 Å². The second-order valence-corrected chi connectivity index (χ2v) is 9.20. The number of piperidine rings is 1. The van der Waals surface area contributed by atoms with Crippen molar-refractivity contribution in [2.45, 2.75) is 64.1 Å². The normalized spacial score (nSPS) is 25.1. The highest BCUT2D eigenvalue weighted by Gasteiger charge is 2.40. The molecule has 2 fully saturated rings. The maximum atomic E-state index is 13.3. The van der Waals surface area contributed by atoms with E-state index >= 15 is 0 Å². The molecule has 0 aromatic heterocycles. The van der Waals surface area contributed by atoms with Crippen LogP contribution in [0.3, 0.4) is 0 Å². The predicted molar refractivity (Wildman–Crippen MR) is 102 cm³/mol. The van der Waals surface area contributed by atoms with Crippen LogP contribution < -0.4 is 10.6 Å². The zero-order valence-corrected chi connectivity index (χ0v) is 16.6. The molecule has 1 atom stereocenters. The largest absolute Gasteiger partial charge is 0.352 e. The summed E-state index contributed by atoms with van der Waals surface area (Å²) in [7, 11) is 0. The van der Waals surface area contributed by atoms with Crippen LogP contribution in [0.25, 0.3) is 0 Å². The van der Waals surface area contributed by atoms with Crippen LogP contribution in [0.2, 0.25) is 0 Å². The number of carbonyl (C=O) groups is 2. The van der Waals surface area contributed by atoms with Gasteiger partial charge in [-0.2, -0.15) is 0 Å². The SMILES string of the molecule is CC1(C)CC(CC(=O)N2CCNC(=O)[C@@H]2c2ccc(F)cc2)CC(C)(C)N1. The number of hydrogen-bond acceptors (Lipinski definition) is 3. The van der Waals surface area contributed by atoms with E-state index in [-0.39, 0.29) is 34.6 Å². The van der Waals surface area contributed by atoms with Gasteiger partial charge in [0, 0.05) is 30.6 Å². The van der Waals surface area contributed by atoms with Gasteiger partial charge in [-0.15, -0.1) is 0 Å². The lowest BCUT2D eigenvalue weighted by atomic mass is 9.74. The second-order valence-electron chi connectivity index (χ2n) is 9.20. The third-order valence-electron chi connectivity index (χ3n) is 5.46. The molecule has 2 heterocycles. The predicted octanol–water partition coefficient (Wildman–Crippen LogP) is 2.77. The molecule has 2 aliphatic rings. The minimum absolute atomic E-state index is 0.00215. The van der Waals surface area contributed by atoms with E-state index in [0.717, 1.165) is 12.8 Å². The molecule has 1 aromatic rings. The van der Waals surface area contributed by atoms with Gasteiger partial charge in [0.1, 0.15) is 11.9 Å². The lowest BCUT2D eigenvalue weighted by Crippen LogP contribution is -2.58. The van der Waals surface area contributed by atoms with Gasteiger partial charge < -0.3 is 15.5 Å². The number of amides is 2. The highest BCUT2D eigenvalue weighted by atomic mass is 19.1. The minimum atomic E-state index is -0.686. The molecule has 3 rings (SSSR count). The molecule has 148 valence electrons. The molecular weight excluding hydrogens is 345 g/mol. The van der Waals surface area contributed by atoms with Crippen molar-refractivity contribution in [2.24, 2.45) is 5.92 Å². The van der Waals surface area contributed by atoms with E-state index < -0.39 is 6.04 Å². The first kappa shape index (κ1) is 19.8. The first-order valence-electron chi connectivity index (χ1n) is 9.68. The van der Waals surface area contributed by atoms with Crippen molar-refractivity contribution in [3.05, 3.63) is 35.6 Å². The molecule has 2 saturated heterocycles. The number of benzene rings is 1. The molecule has 0 unspecified atom stereocenters. The Morgan fingerprint density at radius 2 is 1.74 bits per heavy atom. The molecule has 2 amide bonds. The molecule has 0 aliphatic carbocycles. The van der Waals surface area contributed by atoms with Crippen molar-refractivity contribution in [1.82, 2.24) is 15.5 Å². The van der Waals surface area contributed by atoms with Crippen LogP contribution in [0.15, 0.2) is 24.3 Å². The number of carbonyl (C=O) groups excluding carboxylic acids is 2. The first-order valence-corrected chi connectivity index (χ1v) is 9.68. The first-order chi connectivity index (χ1) is 12.6. The Kier molecular flexibility index (Phi) is 5.30. The standard InChI is InChI=1S/C21H30FN3O2/c1-20(2)12-14(13-21(3,4)24-20)11-17(26)25-10-9-23-19(27)18(25)15-5-7-16(22)8-6-15/h5-8,14,18,24H,9-13H2,1-4H3,(H,23,27)/t18-/m0/s1. The van der Waals surface area contributed by atoms with E-state index in [1.165, 1.54) is 12.1 Å². The fraction of sp³-hybridized carbons (Fsp3) is 0.619. The summed E-state index contributed by atoms with van der Waals surface area (Å²) in [6.45, 7) is 9.60. The summed E-state index contributed by atoms with van der Waals surface area (Å²) in [5, 5.41) is 6.46. The Hall–Kier alpha value is -1.95. The molecule has 6 heteroatoms. The maximum Gasteiger partial charge on any atom is 0.247 e. The minimum Gasteiger partial charge on any atom is -0.352 e. The van der Waals surface area contributed by atoms with E-state index in [9.17, 15) is 14.0 Å². The molecule has 2 aliphatic heterocycles. The zero-order valence-electron chi connectivity index (χ0n) is 16.6. The van der Waals surface area contributed by atoms with Crippen LogP contribution in [0.1, 0.15) is 58.6 Å². The number of nitrogens with zero attached hydrogens (tertiary/aromatic N) is 1. The average Bonchev–Trinajstić information content (AvgIpc) is 2.52. The Morgan fingerprint density at radius 3 is 2.33 bits per heavy atom. The molecular formula is C21H30FN3O2. The van der Waals surface area contributed by atoms with Crippen molar-refractivity contribution in [3.63, 3.8) is 0 Å². The molecule has 0 saturated carbocycles. The summed E-state index contributed by atoms with van der Waals surface area (Å²) in [6.07, 6.45) is 2.27. The lowest BCUT2D eigenvalue weighted by molar-refractivity contribution is -0.144. The summed E-state index contributed by atoms with van der Waals surface area (Å²) in [4.78, 5) is 27.3. The molecule has 27 heavy (non-hydrogen) atoms. The van der Waals surface area contributed by atoms with Crippen LogP contribution in [0, 0.1) is 11.7 Å². The van der Waals surface area contributed by atoms with E-state index in [1.807, 2.05) is 0 Å². The van der Waals surface area contributed by atoms with Gasteiger partial charge in [0.15, 0.2) is 0 Å². The van der Waals surface area contributed by atoms with E-state index in [4.69, 9.17) is 0 Å².